The largest absolute Gasteiger partial charge is 0.369 e. The molecule has 0 bridgehead atoms. The second-order valence-electron chi connectivity index (χ2n) is 6.73. The van der Waals surface area contributed by atoms with Crippen LogP contribution in [0.1, 0.15) is 10.4 Å². The highest BCUT2D eigenvalue weighted by Gasteiger charge is 2.29. The zero-order chi connectivity index (χ0) is 20.3. The van der Waals surface area contributed by atoms with Crippen LogP contribution in [0.4, 0.5) is 10.1 Å². The van der Waals surface area contributed by atoms with Gasteiger partial charge in [0.25, 0.3) is 5.91 Å². The molecule has 0 saturated carbocycles. The van der Waals surface area contributed by atoms with Gasteiger partial charge in [0.2, 0.25) is 10.0 Å². The van der Waals surface area contributed by atoms with Crippen molar-refractivity contribution in [3.8, 4) is 0 Å². The summed E-state index contributed by atoms with van der Waals surface area (Å²) in [6, 6.07) is 12.2. The fourth-order valence-corrected chi connectivity index (χ4v) is 4.52. The molecular weight excluding hydrogens is 383 g/mol. The molecule has 1 fully saturated rings. The van der Waals surface area contributed by atoms with Crippen molar-refractivity contribution in [1.29, 1.82) is 0 Å². The molecule has 0 unspecified atom stereocenters. The number of carbonyl (C=O) groups is 1. The molecule has 0 atom stereocenters. The fourth-order valence-electron chi connectivity index (χ4n) is 3.05. The number of amides is 1. The maximum Gasteiger partial charge on any atom is 0.265 e. The Hall–Kier alpha value is -2.49. The predicted octanol–water partition coefficient (Wildman–Crippen LogP) is 1.54. The van der Waals surface area contributed by atoms with E-state index in [9.17, 15) is 17.6 Å². The number of nitrogens with one attached hydrogen (secondary N) is 1. The minimum absolute atomic E-state index is 0.0918. The summed E-state index contributed by atoms with van der Waals surface area (Å²) < 4.78 is 40.5. The van der Waals surface area contributed by atoms with Crippen LogP contribution in [0.25, 0.3) is 0 Å². The van der Waals surface area contributed by atoms with Crippen molar-refractivity contribution in [3.05, 3.63) is 59.9 Å². The van der Waals surface area contributed by atoms with Crippen molar-refractivity contribution < 1.29 is 17.6 Å². The van der Waals surface area contributed by atoms with Gasteiger partial charge in [0, 0.05) is 51.5 Å². The van der Waals surface area contributed by atoms with Gasteiger partial charge in [0.05, 0.1) is 4.90 Å². The predicted molar refractivity (Wildman–Crippen MR) is 105 cm³/mol. The number of rotatable bonds is 5. The van der Waals surface area contributed by atoms with Gasteiger partial charge in [-0.25, -0.2) is 17.8 Å². The summed E-state index contributed by atoms with van der Waals surface area (Å²) in [7, 11) is -0.346. The second kappa shape index (κ2) is 8.26. The Labute approximate surface area is 164 Å². The fraction of sp³-hybridized carbons (Fsp3) is 0.316. The monoisotopic (exact) mass is 406 g/mol. The summed E-state index contributed by atoms with van der Waals surface area (Å²) in [5, 5.41) is 1.50. The smallest absolute Gasteiger partial charge is 0.265 e. The summed E-state index contributed by atoms with van der Waals surface area (Å²) in [4.78, 5) is 14.3. The van der Waals surface area contributed by atoms with E-state index in [2.05, 4.69) is 5.43 Å². The molecule has 1 aliphatic heterocycles. The molecule has 0 spiro atoms. The molecular formula is C19H23FN4O3S. The lowest BCUT2D eigenvalue weighted by atomic mass is 10.2. The number of nitrogens with zero attached hydrogens (tertiary/aromatic N) is 3. The molecule has 0 aromatic heterocycles. The van der Waals surface area contributed by atoms with Gasteiger partial charge < -0.3 is 4.90 Å². The molecule has 28 heavy (non-hydrogen) atoms. The van der Waals surface area contributed by atoms with Gasteiger partial charge in [-0.1, -0.05) is 6.07 Å². The SMILES string of the molecule is CN(C)NC(=O)c1cccc(S(=O)(=O)N2CCN(c3ccc(F)cc3)CC2)c1. The van der Waals surface area contributed by atoms with Crippen molar-refractivity contribution in [3.63, 3.8) is 0 Å². The van der Waals surface area contributed by atoms with Crippen LogP contribution in [0.3, 0.4) is 0 Å². The van der Waals surface area contributed by atoms with Crippen LogP contribution in [-0.2, 0) is 10.0 Å². The van der Waals surface area contributed by atoms with E-state index in [-0.39, 0.29) is 22.2 Å². The topological polar surface area (TPSA) is 73.0 Å². The van der Waals surface area contributed by atoms with Crippen LogP contribution in [-0.4, -0.2) is 63.9 Å². The molecule has 1 heterocycles. The zero-order valence-electron chi connectivity index (χ0n) is 15.8. The number of sulfonamides is 1. The summed E-state index contributed by atoms with van der Waals surface area (Å²) in [6.07, 6.45) is 0. The minimum Gasteiger partial charge on any atom is -0.369 e. The molecule has 1 amide bonds. The minimum atomic E-state index is -3.71. The van der Waals surface area contributed by atoms with Crippen molar-refractivity contribution in [2.45, 2.75) is 4.90 Å². The molecule has 9 heteroatoms. The molecule has 3 rings (SSSR count). The van der Waals surface area contributed by atoms with Crippen molar-refractivity contribution in [2.75, 3.05) is 45.2 Å². The highest BCUT2D eigenvalue weighted by atomic mass is 32.2. The van der Waals surface area contributed by atoms with E-state index in [1.54, 1.807) is 38.4 Å². The Bertz CT molecular complexity index is 940. The molecule has 2 aromatic rings. The van der Waals surface area contributed by atoms with E-state index in [0.717, 1.165) is 5.69 Å². The average Bonchev–Trinajstić information content (AvgIpc) is 2.68. The Morgan fingerprint density at radius 3 is 2.29 bits per heavy atom. The maximum atomic E-state index is 13.1. The summed E-state index contributed by atoms with van der Waals surface area (Å²) in [5.41, 5.74) is 3.74. The molecule has 150 valence electrons. The number of hydrogen-bond donors (Lipinski definition) is 1. The quantitative estimate of drug-likeness (QED) is 0.763. The molecule has 1 N–H and O–H groups in total. The lowest BCUT2D eigenvalue weighted by molar-refractivity contribution is 0.0856. The van der Waals surface area contributed by atoms with E-state index >= 15 is 0 Å². The van der Waals surface area contributed by atoms with Gasteiger partial charge in [0.15, 0.2) is 0 Å². The van der Waals surface area contributed by atoms with Crippen LogP contribution in [0.2, 0.25) is 0 Å². The summed E-state index contributed by atoms with van der Waals surface area (Å²) in [5.74, 6) is -0.675. The van der Waals surface area contributed by atoms with Gasteiger partial charge in [-0.15, -0.1) is 0 Å². The molecule has 0 radical (unpaired) electrons. The van der Waals surface area contributed by atoms with Crippen LogP contribution in [0.15, 0.2) is 53.4 Å². The maximum absolute atomic E-state index is 13.1. The van der Waals surface area contributed by atoms with Gasteiger partial charge in [-0.3, -0.25) is 10.2 Å². The average molecular weight is 406 g/mol. The van der Waals surface area contributed by atoms with Crippen molar-refractivity contribution in [1.82, 2.24) is 14.7 Å². The Morgan fingerprint density at radius 2 is 1.68 bits per heavy atom. The molecule has 1 aliphatic rings. The third kappa shape index (κ3) is 4.49. The Kier molecular flexibility index (Phi) is 5.97. The summed E-state index contributed by atoms with van der Waals surface area (Å²) in [6.45, 7) is 1.64. The van der Waals surface area contributed by atoms with E-state index in [4.69, 9.17) is 0 Å². The van der Waals surface area contributed by atoms with Crippen LogP contribution < -0.4 is 10.3 Å². The van der Waals surface area contributed by atoms with E-state index in [1.165, 1.54) is 33.6 Å². The number of anilines is 1. The van der Waals surface area contributed by atoms with Gasteiger partial charge >= 0.3 is 0 Å². The van der Waals surface area contributed by atoms with Gasteiger partial charge in [-0.05, 0) is 42.5 Å². The zero-order valence-corrected chi connectivity index (χ0v) is 16.6. The third-order valence-corrected chi connectivity index (χ3v) is 6.38. The summed E-state index contributed by atoms with van der Waals surface area (Å²) >= 11 is 0. The third-order valence-electron chi connectivity index (χ3n) is 4.49. The number of hydrogen-bond acceptors (Lipinski definition) is 5. The van der Waals surface area contributed by atoms with E-state index in [1.807, 2.05) is 4.90 Å². The van der Waals surface area contributed by atoms with Gasteiger partial charge in [0.1, 0.15) is 5.82 Å². The second-order valence-corrected chi connectivity index (χ2v) is 8.67. The highest BCUT2D eigenvalue weighted by Crippen LogP contribution is 2.22. The number of benzene rings is 2. The number of halogens is 1. The standard InChI is InChI=1S/C19H23FN4O3S/c1-22(2)21-19(25)15-4-3-5-18(14-15)28(26,27)24-12-10-23(11-13-24)17-8-6-16(20)7-9-17/h3-9,14H,10-13H2,1-2H3,(H,21,25). The molecule has 7 nitrogen and oxygen atoms in total. The molecule has 0 aliphatic carbocycles. The van der Waals surface area contributed by atoms with Gasteiger partial charge in [-0.2, -0.15) is 4.31 Å². The Morgan fingerprint density at radius 1 is 1.04 bits per heavy atom. The lowest BCUT2D eigenvalue weighted by Crippen LogP contribution is -2.48. The lowest BCUT2D eigenvalue weighted by Gasteiger charge is -2.35. The first kappa shape index (κ1) is 20.2. The Balaban J connectivity index is 1.72. The number of carbonyl (C=O) groups excluding carboxylic acids is 1. The van der Waals surface area contributed by atoms with Crippen LogP contribution in [0, 0.1) is 5.82 Å². The number of piperazine rings is 1. The normalized spacial score (nSPS) is 15.6. The molecule has 1 saturated heterocycles. The number of hydrazine groups is 1. The van der Waals surface area contributed by atoms with Crippen LogP contribution in [0.5, 0.6) is 0 Å². The first-order valence-electron chi connectivity index (χ1n) is 8.86. The first-order chi connectivity index (χ1) is 13.3. The van der Waals surface area contributed by atoms with Crippen LogP contribution >= 0.6 is 0 Å². The van der Waals surface area contributed by atoms with E-state index < -0.39 is 10.0 Å². The highest BCUT2D eigenvalue weighted by molar-refractivity contribution is 7.89. The first-order valence-corrected chi connectivity index (χ1v) is 10.3. The van der Waals surface area contributed by atoms with Crippen molar-refractivity contribution in [2.24, 2.45) is 0 Å². The van der Waals surface area contributed by atoms with E-state index in [0.29, 0.717) is 26.2 Å². The molecule has 2 aromatic carbocycles. The van der Waals surface area contributed by atoms with Crippen molar-refractivity contribution >= 4 is 21.6 Å².